The predicted octanol–water partition coefficient (Wildman–Crippen LogP) is 2.44. The van der Waals surface area contributed by atoms with Gasteiger partial charge in [-0.2, -0.15) is 0 Å². The second kappa shape index (κ2) is 6.30. The first-order valence-corrected chi connectivity index (χ1v) is 6.43. The summed E-state index contributed by atoms with van der Waals surface area (Å²) in [7, 11) is 4.60. The van der Waals surface area contributed by atoms with E-state index >= 15 is 0 Å². The molecule has 0 bridgehead atoms. The van der Waals surface area contributed by atoms with E-state index in [-0.39, 0.29) is 5.69 Å². The highest BCUT2D eigenvalue weighted by Gasteiger charge is 2.18. The van der Waals surface area contributed by atoms with Gasteiger partial charge in [0.25, 0.3) is 0 Å². The molecule has 112 valence electrons. The van der Waals surface area contributed by atoms with E-state index in [1.165, 1.54) is 21.3 Å². The second-order valence-electron chi connectivity index (χ2n) is 4.13. The van der Waals surface area contributed by atoms with Gasteiger partial charge in [0.2, 0.25) is 5.75 Å². The van der Waals surface area contributed by atoms with E-state index in [1.807, 2.05) is 0 Å². The van der Waals surface area contributed by atoms with Crippen molar-refractivity contribution in [1.29, 1.82) is 0 Å². The van der Waals surface area contributed by atoms with Crippen LogP contribution < -0.4 is 14.2 Å². The van der Waals surface area contributed by atoms with Crippen molar-refractivity contribution in [2.24, 2.45) is 0 Å². The summed E-state index contributed by atoms with van der Waals surface area (Å²) < 4.78 is 20.9. The highest BCUT2D eigenvalue weighted by Crippen LogP contribution is 2.42. The lowest BCUT2D eigenvalue weighted by Crippen LogP contribution is -2.07. The van der Waals surface area contributed by atoms with E-state index < -0.39 is 5.97 Å². The van der Waals surface area contributed by atoms with Crippen molar-refractivity contribution in [3.05, 3.63) is 23.9 Å². The number of carbonyl (C=O) groups excluding carboxylic acids is 1. The summed E-state index contributed by atoms with van der Waals surface area (Å²) in [5, 5.41) is 0.725. The minimum absolute atomic E-state index is 0.235. The number of pyridine rings is 1. The highest BCUT2D eigenvalue weighted by atomic mass is 16.5. The number of ether oxygens (including phenoxy) is 4. The van der Waals surface area contributed by atoms with Crippen LogP contribution in [0.15, 0.2) is 18.2 Å². The summed E-state index contributed by atoms with van der Waals surface area (Å²) >= 11 is 0. The quantitative estimate of drug-likeness (QED) is 0.788. The van der Waals surface area contributed by atoms with Gasteiger partial charge in [0.1, 0.15) is 5.69 Å². The molecule has 21 heavy (non-hydrogen) atoms. The molecular formula is C15H17NO5. The van der Waals surface area contributed by atoms with Crippen LogP contribution in [0.3, 0.4) is 0 Å². The molecule has 0 N–H and O–H groups in total. The van der Waals surface area contributed by atoms with Crippen LogP contribution in [0.4, 0.5) is 0 Å². The zero-order valence-electron chi connectivity index (χ0n) is 12.4. The van der Waals surface area contributed by atoms with Gasteiger partial charge in [0, 0.05) is 11.5 Å². The molecule has 0 saturated carbocycles. The largest absolute Gasteiger partial charge is 0.493 e. The summed E-state index contributed by atoms with van der Waals surface area (Å²) in [5.74, 6) is 1.01. The van der Waals surface area contributed by atoms with Crippen LogP contribution in [0.5, 0.6) is 17.2 Å². The third-order valence-corrected chi connectivity index (χ3v) is 2.98. The summed E-state index contributed by atoms with van der Waals surface area (Å²) in [6.07, 6.45) is 0. The molecular weight excluding hydrogens is 274 g/mol. The van der Waals surface area contributed by atoms with Crippen molar-refractivity contribution in [3.63, 3.8) is 0 Å². The van der Waals surface area contributed by atoms with Crippen molar-refractivity contribution in [2.75, 3.05) is 27.9 Å². The Balaban J connectivity index is 2.65. The van der Waals surface area contributed by atoms with Crippen molar-refractivity contribution in [1.82, 2.24) is 4.98 Å². The van der Waals surface area contributed by atoms with Crippen LogP contribution in [0.2, 0.25) is 0 Å². The van der Waals surface area contributed by atoms with Crippen LogP contribution in [0, 0.1) is 0 Å². The van der Waals surface area contributed by atoms with Gasteiger partial charge in [-0.05, 0) is 19.1 Å². The van der Waals surface area contributed by atoms with E-state index in [0.29, 0.717) is 29.4 Å². The van der Waals surface area contributed by atoms with E-state index in [1.54, 1.807) is 25.1 Å². The minimum atomic E-state index is -0.465. The molecule has 0 spiro atoms. The van der Waals surface area contributed by atoms with E-state index in [0.717, 1.165) is 5.39 Å². The molecule has 0 amide bonds. The zero-order valence-corrected chi connectivity index (χ0v) is 12.4. The summed E-state index contributed by atoms with van der Waals surface area (Å²) in [6.45, 7) is 2.05. The zero-order chi connectivity index (χ0) is 15.4. The number of hydrogen-bond acceptors (Lipinski definition) is 6. The molecule has 6 heteroatoms. The molecule has 0 unspecified atom stereocenters. The molecule has 1 heterocycles. The maximum Gasteiger partial charge on any atom is 0.356 e. The molecule has 0 aliphatic rings. The first-order chi connectivity index (χ1) is 10.2. The molecule has 0 aliphatic carbocycles. The van der Waals surface area contributed by atoms with Crippen molar-refractivity contribution in [2.45, 2.75) is 6.92 Å². The maximum atomic E-state index is 11.7. The Bertz CT molecular complexity index is 669. The Morgan fingerprint density at radius 2 is 1.81 bits per heavy atom. The summed E-state index contributed by atoms with van der Waals surface area (Å²) in [6, 6.07) is 5.03. The second-order valence-corrected chi connectivity index (χ2v) is 4.13. The molecule has 2 aromatic rings. The molecule has 6 nitrogen and oxygen atoms in total. The fourth-order valence-corrected chi connectivity index (χ4v) is 2.07. The Labute approximate surface area is 122 Å². The summed E-state index contributed by atoms with van der Waals surface area (Å²) in [5.41, 5.74) is 0.800. The Hall–Kier alpha value is -2.50. The monoisotopic (exact) mass is 291 g/mol. The normalized spacial score (nSPS) is 10.3. The number of nitrogens with zero attached hydrogens (tertiary/aromatic N) is 1. The van der Waals surface area contributed by atoms with Gasteiger partial charge in [-0.15, -0.1) is 0 Å². The van der Waals surface area contributed by atoms with Crippen LogP contribution in [0.25, 0.3) is 10.9 Å². The van der Waals surface area contributed by atoms with Crippen LogP contribution in [0.1, 0.15) is 17.4 Å². The van der Waals surface area contributed by atoms with Gasteiger partial charge in [0.15, 0.2) is 11.5 Å². The molecule has 0 radical (unpaired) electrons. The van der Waals surface area contributed by atoms with Gasteiger partial charge >= 0.3 is 5.97 Å². The highest BCUT2D eigenvalue weighted by molar-refractivity contribution is 5.95. The molecule has 0 aliphatic heterocycles. The van der Waals surface area contributed by atoms with Gasteiger partial charge < -0.3 is 18.9 Å². The molecule has 1 aromatic carbocycles. The number of carbonyl (C=O) groups is 1. The first-order valence-electron chi connectivity index (χ1n) is 6.43. The maximum absolute atomic E-state index is 11.7. The van der Waals surface area contributed by atoms with Crippen molar-refractivity contribution >= 4 is 16.9 Å². The fourth-order valence-electron chi connectivity index (χ4n) is 2.07. The Kier molecular flexibility index (Phi) is 4.47. The lowest BCUT2D eigenvalue weighted by atomic mass is 10.1. The van der Waals surface area contributed by atoms with Crippen LogP contribution in [-0.2, 0) is 4.74 Å². The Morgan fingerprint density at radius 1 is 1.10 bits per heavy atom. The molecule has 1 aromatic heterocycles. The number of benzene rings is 1. The smallest absolute Gasteiger partial charge is 0.356 e. The van der Waals surface area contributed by atoms with Crippen LogP contribution in [-0.4, -0.2) is 38.9 Å². The number of hydrogen-bond donors (Lipinski definition) is 0. The number of aromatic nitrogens is 1. The first kappa shape index (κ1) is 14.9. The standard InChI is InChI=1S/C15H17NO5/c1-5-21-15(17)10-7-6-9-11(16-10)8-12(18-2)14(20-4)13(9)19-3/h6-8H,5H2,1-4H3. The third-order valence-electron chi connectivity index (χ3n) is 2.98. The number of rotatable bonds is 5. The van der Waals surface area contributed by atoms with Crippen molar-refractivity contribution in [3.8, 4) is 17.2 Å². The topological polar surface area (TPSA) is 66.9 Å². The number of methoxy groups -OCH3 is 3. The third kappa shape index (κ3) is 2.69. The molecule has 0 saturated heterocycles. The molecule has 0 fully saturated rings. The average molecular weight is 291 g/mol. The number of fused-ring (bicyclic) bond motifs is 1. The van der Waals surface area contributed by atoms with E-state index in [9.17, 15) is 4.79 Å². The fraction of sp³-hybridized carbons (Fsp3) is 0.333. The lowest BCUT2D eigenvalue weighted by molar-refractivity contribution is 0.0520. The molecule has 2 rings (SSSR count). The van der Waals surface area contributed by atoms with Crippen molar-refractivity contribution < 1.29 is 23.7 Å². The SMILES string of the molecule is CCOC(=O)c1ccc2c(OC)c(OC)c(OC)cc2n1. The van der Waals surface area contributed by atoms with Gasteiger partial charge in [-0.1, -0.05) is 0 Å². The van der Waals surface area contributed by atoms with Crippen LogP contribution >= 0.6 is 0 Å². The van der Waals surface area contributed by atoms with Gasteiger partial charge in [0.05, 0.1) is 33.5 Å². The molecule has 0 atom stereocenters. The van der Waals surface area contributed by atoms with E-state index in [4.69, 9.17) is 18.9 Å². The average Bonchev–Trinajstić information content (AvgIpc) is 2.52. The van der Waals surface area contributed by atoms with Gasteiger partial charge in [-0.3, -0.25) is 0 Å². The number of esters is 1. The van der Waals surface area contributed by atoms with E-state index in [2.05, 4.69) is 4.98 Å². The van der Waals surface area contributed by atoms with Gasteiger partial charge in [-0.25, -0.2) is 9.78 Å². The summed E-state index contributed by atoms with van der Waals surface area (Å²) in [4.78, 5) is 16.0. The predicted molar refractivity (Wildman–Crippen MR) is 77.4 cm³/mol. The Morgan fingerprint density at radius 3 is 2.38 bits per heavy atom. The minimum Gasteiger partial charge on any atom is -0.493 e. The lowest BCUT2D eigenvalue weighted by Gasteiger charge is -2.14.